The van der Waals surface area contributed by atoms with Gasteiger partial charge in [-0.05, 0) is 44.5 Å². The predicted octanol–water partition coefficient (Wildman–Crippen LogP) is 2.51. The molecule has 2 N–H and O–H groups in total. The van der Waals surface area contributed by atoms with Crippen LogP contribution in [0.4, 0.5) is 0 Å². The van der Waals surface area contributed by atoms with Crippen molar-refractivity contribution in [2.75, 3.05) is 13.7 Å². The van der Waals surface area contributed by atoms with Crippen molar-refractivity contribution in [3.05, 3.63) is 36.5 Å². The minimum Gasteiger partial charge on any atom is -0.490 e. The summed E-state index contributed by atoms with van der Waals surface area (Å²) in [6.45, 7) is 0.155. The van der Waals surface area contributed by atoms with Gasteiger partial charge in [0.15, 0.2) is 0 Å². The Labute approximate surface area is 125 Å². The quantitative estimate of drug-likeness (QED) is 0.907. The lowest BCUT2D eigenvalue weighted by molar-refractivity contribution is 0.0555. The fourth-order valence-electron chi connectivity index (χ4n) is 3.17. The van der Waals surface area contributed by atoms with Crippen molar-refractivity contribution >= 4 is 10.9 Å². The minimum atomic E-state index is -0.196. The van der Waals surface area contributed by atoms with Crippen molar-refractivity contribution in [2.24, 2.45) is 0 Å². The van der Waals surface area contributed by atoms with Crippen molar-refractivity contribution in [3.63, 3.8) is 0 Å². The molecule has 3 rings (SSSR count). The predicted molar refractivity (Wildman–Crippen MR) is 83.5 cm³/mol. The zero-order valence-corrected chi connectivity index (χ0v) is 12.4. The van der Waals surface area contributed by atoms with E-state index < -0.39 is 0 Å². The third-order valence-corrected chi connectivity index (χ3v) is 4.51. The number of nitrogens with one attached hydrogen (secondary N) is 1. The van der Waals surface area contributed by atoms with Gasteiger partial charge in [-0.25, -0.2) is 0 Å². The number of hydrogen-bond acceptors (Lipinski definition) is 4. The molecule has 2 aromatic rings. The molecular formula is C17H22N2O2. The SMILES string of the molecule is CNC1(CO)CCCC(Oc2ccc3cccnc3c2)C1. The van der Waals surface area contributed by atoms with E-state index in [0.717, 1.165) is 42.3 Å². The Hall–Kier alpha value is -1.65. The average molecular weight is 286 g/mol. The van der Waals surface area contributed by atoms with E-state index >= 15 is 0 Å². The summed E-state index contributed by atoms with van der Waals surface area (Å²) in [6, 6.07) is 10.0. The molecule has 0 spiro atoms. The summed E-state index contributed by atoms with van der Waals surface area (Å²) < 4.78 is 6.13. The first kappa shape index (κ1) is 14.3. The molecule has 2 unspecified atom stereocenters. The summed E-state index contributed by atoms with van der Waals surface area (Å²) in [4.78, 5) is 4.36. The van der Waals surface area contributed by atoms with Crippen molar-refractivity contribution in [1.82, 2.24) is 10.3 Å². The van der Waals surface area contributed by atoms with Gasteiger partial charge in [0.2, 0.25) is 0 Å². The first-order valence-corrected chi connectivity index (χ1v) is 7.56. The zero-order valence-electron chi connectivity index (χ0n) is 12.4. The highest BCUT2D eigenvalue weighted by atomic mass is 16.5. The van der Waals surface area contributed by atoms with Crippen LogP contribution >= 0.6 is 0 Å². The summed E-state index contributed by atoms with van der Waals surface area (Å²) in [6.07, 6.45) is 5.87. The van der Waals surface area contributed by atoms with Gasteiger partial charge in [-0.1, -0.05) is 6.07 Å². The highest BCUT2D eigenvalue weighted by molar-refractivity contribution is 5.79. The van der Waals surface area contributed by atoms with Gasteiger partial charge in [0, 0.05) is 29.6 Å². The number of aromatic nitrogens is 1. The summed E-state index contributed by atoms with van der Waals surface area (Å²) in [5.41, 5.74) is 0.755. The number of hydrogen-bond donors (Lipinski definition) is 2. The molecule has 0 radical (unpaired) electrons. The molecular weight excluding hydrogens is 264 g/mol. The molecule has 1 fully saturated rings. The maximum absolute atomic E-state index is 9.64. The maximum atomic E-state index is 9.64. The molecule has 4 nitrogen and oxygen atoms in total. The second kappa shape index (κ2) is 6.00. The van der Waals surface area contributed by atoms with E-state index in [9.17, 15) is 5.11 Å². The molecule has 0 amide bonds. The zero-order chi connectivity index (χ0) is 14.7. The topological polar surface area (TPSA) is 54.4 Å². The molecule has 2 atom stereocenters. The van der Waals surface area contributed by atoms with Crippen molar-refractivity contribution in [1.29, 1.82) is 0 Å². The Morgan fingerprint density at radius 1 is 1.43 bits per heavy atom. The number of likely N-dealkylation sites (N-methyl/N-ethyl adjacent to an activating group) is 1. The lowest BCUT2D eigenvalue weighted by atomic mass is 9.81. The van der Waals surface area contributed by atoms with Crippen LogP contribution in [0.5, 0.6) is 5.75 Å². The van der Waals surface area contributed by atoms with E-state index in [2.05, 4.69) is 10.3 Å². The fraction of sp³-hybridized carbons (Fsp3) is 0.471. The second-order valence-electron chi connectivity index (χ2n) is 5.88. The van der Waals surface area contributed by atoms with Crippen LogP contribution in [0.15, 0.2) is 36.5 Å². The van der Waals surface area contributed by atoms with E-state index in [0.29, 0.717) is 0 Å². The van der Waals surface area contributed by atoms with E-state index in [-0.39, 0.29) is 18.2 Å². The van der Waals surface area contributed by atoms with Crippen LogP contribution in [0.25, 0.3) is 10.9 Å². The van der Waals surface area contributed by atoms with Gasteiger partial charge in [0.1, 0.15) is 11.9 Å². The third kappa shape index (κ3) is 3.01. The molecule has 0 saturated heterocycles. The molecule has 1 aromatic carbocycles. The van der Waals surface area contributed by atoms with Crippen LogP contribution in [-0.4, -0.2) is 35.4 Å². The summed E-state index contributed by atoms with van der Waals surface area (Å²) in [7, 11) is 1.92. The third-order valence-electron chi connectivity index (χ3n) is 4.51. The van der Waals surface area contributed by atoms with E-state index in [1.54, 1.807) is 6.20 Å². The summed E-state index contributed by atoms with van der Waals surface area (Å²) >= 11 is 0. The maximum Gasteiger partial charge on any atom is 0.121 e. The van der Waals surface area contributed by atoms with Gasteiger partial charge < -0.3 is 15.2 Å². The fourth-order valence-corrected chi connectivity index (χ4v) is 3.17. The molecule has 21 heavy (non-hydrogen) atoms. The van der Waals surface area contributed by atoms with Gasteiger partial charge >= 0.3 is 0 Å². The van der Waals surface area contributed by atoms with Gasteiger partial charge in [0.05, 0.1) is 12.1 Å². The molecule has 4 heteroatoms. The Morgan fingerprint density at radius 3 is 3.14 bits per heavy atom. The van der Waals surface area contributed by atoms with E-state index in [4.69, 9.17) is 4.74 Å². The van der Waals surface area contributed by atoms with E-state index in [1.807, 2.05) is 37.4 Å². The Bertz CT molecular complexity index is 611. The van der Waals surface area contributed by atoms with Gasteiger partial charge in [0.25, 0.3) is 0 Å². The molecule has 1 saturated carbocycles. The van der Waals surface area contributed by atoms with Crippen LogP contribution in [0.3, 0.4) is 0 Å². The highest BCUT2D eigenvalue weighted by Crippen LogP contribution is 2.31. The molecule has 0 bridgehead atoms. The lowest BCUT2D eigenvalue weighted by Crippen LogP contribution is -2.52. The number of fused-ring (bicyclic) bond motifs is 1. The van der Waals surface area contributed by atoms with Crippen LogP contribution in [0, 0.1) is 0 Å². The van der Waals surface area contributed by atoms with E-state index in [1.165, 1.54) is 0 Å². The number of aliphatic hydroxyl groups is 1. The number of benzene rings is 1. The van der Waals surface area contributed by atoms with Gasteiger partial charge in [-0.2, -0.15) is 0 Å². The van der Waals surface area contributed by atoms with Crippen LogP contribution in [-0.2, 0) is 0 Å². The molecule has 112 valence electrons. The monoisotopic (exact) mass is 286 g/mol. The Kier molecular flexibility index (Phi) is 4.08. The van der Waals surface area contributed by atoms with Crippen LogP contribution in [0.2, 0.25) is 0 Å². The Morgan fingerprint density at radius 2 is 2.33 bits per heavy atom. The molecule has 1 aliphatic rings. The number of pyridine rings is 1. The van der Waals surface area contributed by atoms with Crippen molar-refractivity contribution < 1.29 is 9.84 Å². The van der Waals surface area contributed by atoms with Crippen molar-refractivity contribution in [3.8, 4) is 5.75 Å². The standard InChI is InChI=1S/C17H22N2O2/c1-18-17(12-20)8-2-5-15(11-17)21-14-7-6-13-4-3-9-19-16(13)10-14/h3-4,6-7,9-10,15,18,20H,2,5,8,11-12H2,1H3. The first-order valence-electron chi connectivity index (χ1n) is 7.56. The number of aliphatic hydroxyl groups excluding tert-OH is 1. The molecule has 1 heterocycles. The van der Waals surface area contributed by atoms with Gasteiger partial charge in [-0.3, -0.25) is 4.98 Å². The number of nitrogens with zero attached hydrogens (tertiary/aromatic N) is 1. The van der Waals surface area contributed by atoms with Gasteiger partial charge in [-0.15, -0.1) is 0 Å². The minimum absolute atomic E-state index is 0.138. The Balaban J connectivity index is 1.75. The summed E-state index contributed by atoms with van der Waals surface area (Å²) in [5.74, 6) is 0.857. The molecule has 0 aliphatic heterocycles. The van der Waals surface area contributed by atoms with Crippen LogP contribution in [0.1, 0.15) is 25.7 Å². The second-order valence-corrected chi connectivity index (χ2v) is 5.88. The summed E-state index contributed by atoms with van der Waals surface area (Å²) in [5, 5.41) is 14.0. The lowest BCUT2D eigenvalue weighted by Gasteiger charge is -2.39. The highest BCUT2D eigenvalue weighted by Gasteiger charge is 2.35. The number of ether oxygens (including phenoxy) is 1. The molecule has 1 aromatic heterocycles. The largest absolute Gasteiger partial charge is 0.490 e. The first-order chi connectivity index (χ1) is 10.2. The van der Waals surface area contributed by atoms with Crippen LogP contribution < -0.4 is 10.1 Å². The number of rotatable bonds is 4. The molecule has 1 aliphatic carbocycles. The average Bonchev–Trinajstić information content (AvgIpc) is 2.55. The normalized spacial score (nSPS) is 25.9. The van der Waals surface area contributed by atoms with Crippen molar-refractivity contribution in [2.45, 2.75) is 37.3 Å². The smallest absolute Gasteiger partial charge is 0.121 e.